The van der Waals surface area contributed by atoms with Gasteiger partial charge in [-0.3, -0.25) is 4.99 Å². The molecule has 1 rings (SSSR count). The highest BCUT2D eigenvalue weighted by molar-refractivity contribution is 5.79. The SMILES string of the molecule is CN=C(NCCOCCOC)NCc1ccc(C)cc1OCC(F)(F)F. The Morgan fingerprint density at radius 3 is 2.58 bits per heavy atom. The Hall–Kier alpha value is -2.00. The van der Waals surface area contributed by atoms with Gasteiger partial charge in [-0.15, -0.1) is 0 Å². The largest absolute Gasteiger partial charge is 0.484 e. The smallest absolute Gasteiger partial charge is 0.422 e. The lowest BCUT2D eigenvalue weighted by atomic mass is 10.1. The number of hydrogen-bond acceptors (Lipinski definition) is 4. The molecule has 0 aromatic heterocycles. The molecule has 9 heteroatoms. The molecule has 0 aliphatic carbocycles. The number of rotatable bonds is 10. The van der Waals surface area contributed by atoms with Gasteiger partial charge >= 0.3 is 6.18 Å². The van der Waals surface area contributed by atoms with Gasteiger partial charge in [0.1, 0.15) is 5.75 Å². The van der Waals surface area contributed by atoms with Gasteiger partial charge in [0.25, 0.3) is 0 Å². The Morgan fingerprint density at radius 2 is 1.92 bits per heavy atom. The van der Waals surface area contributed by atoms with Crippen molar-refractivity contribution in [1.82, 2.24) is 10.6 Å². The topological polar surface area (TPSA) is 64.1 Å². The van der Waals surface area contributed by atoms with E-state index in [0.717, 1.165) is 5.56 Å². The number of hydrogen-bond donors (Lipinski definition) is 2. The number of nitrogens with one attached hydrogen (secondary N) is 2. The van der Waals surface area contributed by atoms with Gasteiger partial charge in [0, 0.05) is 32.8 Å². The number of halogens is 3. The number of alkyl halides is 3. The van der Waals surface area contributed by atoms with Crippen LogP contribution in [0.1, 0.15) is 11.1 Å². The van der Waals surface area contributed by atoms with Crippen molar-refractivity contribution in [1.29, 1.82) is 0 Å². The van der Waals surface area contributed by atoms with Crippen molar-refractivity contribution >= 4 is 5.96 Å². The van der Waals surface area contributed by atoms with Gasteiger partial charge in [-0.25, -0.2) is 0 Å². The van der Waals surface area contributed by atoms with Crippen molar-refractivity contribution in [3.8, 4) is 5.75 Å². The van der Waals surface area contributed by atoms with E-state index in [2.05, 4.69) is 15.6 Å². The van der Waals surface area contributed by atoms with Gasteiger partial charge < -0.3 is 24.8 Å². The molecule has 0 unspecified atom stereocenters. The fraction of sp³-hybridized carbons (Fsp3) is 0.588. The van der Waals surface area contributed by atoms with Crippen molar-refractivity contribution in [2.45, 2.75) is 19.6 Å². The number of methoxy groups -OCH3 is 1. The predicted octanol–water partition coefficient (Wildman–Crippen LogP) is 2.26. The first-order valence-corrected chi connectivity index (χ1v) is 8.16. The van der Waals surface area contributed by atoms with Crippen LogP contribution in [0.3, 0.4) is 0 Å². The molecule has 0 radical (unpaired) electrons. The van der Waals surface area contributed by atoms with E-state index < -0.39 is 12.8 Å². The summed E-state index contributed by atoms with van der Waals surface area (Å²) in [5, 5.41) is 6.10. The van der Waals surface area contributed by atoms with Crippen LogP contribution in [0.25, 0.3) is 0 Å². The summed E-state index contributed by atoms with van der Waals surface area (Å²) in [6, 6.07) is 5.13. The monoisotopic (exact) mass is 377 g/mol. The fourth-order valence-electron chi connectivity index (χ4n) is 1.99. The van der Waals surface area contributed by atoms with Gasteiger partial charge in [-0.2, -0.15) is 13.2 Å². The normalized spacial score (nSPS) is 12.2. The summed E-state index contributed by atoms with van der Waals surface area (Å²) in [4.78, 5) is 4.06. The molecule has 0 aliphatic heterocycles. The Labute approximate surface area is 151 Å². The van der Waals surface area contributed by atoms with Crippen molar-refractivity contribution in [3.63, 3.8) is 0 Å². The second kappa shape index (κ2) is 11.6. The van der Waals surface area contributed by atoms with E-state index in [9.17, 15) is 13.2 Å². The minimum Gasteiger partial charge on any atom is -0.484 e. The second-order valence-corrected chi connectivity index (χ2v) is 5.47. The van der Waals surface area contributed by atoms with Crippen LogP contribution in [0.4, 0.5) is 13.2 Å². The van der Waals surface area contributed by atoms with E-state index in [1.807, 2.05) is 6.07 Å². The molecule has 0 aliphatic rings. The Morgan fingerprint density at radius 1 is 1.15 bits per heavy atom. The maximum atomic E-state index is 12.4. The molecule has 0 saturated heterocycles. The average Bonchev–Trinajstić information content (AvgIpc) is 2.59. The lowest BCUT2D eigenvalue weighted by molar-refractivity contribution is -0.153. The van der Waals surface area contributed by atoms with Crippen LogP contribution in [0.15, 0.2) is 23.2 Å². The molecule has 1 aromatic carbocycles. The first-order chi connectivity index (χ1) is 12.4. The lowest BCUT2D eigenvalue weighted by Crippen LogP contribution is -2.38. The number of nitrogens with zero attached hydrogens (tertiary/aromatic N) is 1. The van der Waals surface area contributed by atoms with Crippen LogP contribution in [0.5, 0.6) is 5.75 Å². The maximum Gasteiger partial charge on any atom is 0.422 e. The summed E-state index contributed by atoms with van der Waals surface area (Å²) in [5.41, 5.74) is 1.43. The van der Waals surface area contributed by atoms with E-state index in [1.165, 1.54) is 0 Å². The number of guanidine groups is 1. The highest BCUT2D eigenvalue weighted by Gasteiger charge is 2.28. The summed E-state index contributed by atoms with van der Waals surface area (Å²) < 4.78 is 52.3. The molecule has 0 bridgehead atoms. The molecule has 0 spiro atoms. The Balaban J connectivity index is 2.51. The molecular weight excluding hydrogens is 351 g/mol. The maximum absolute atomic E-state index is 12.4. The van der Waals surface area contributed by atoms with E-state index in [-0.39, 0.29) is 12.3 Å². The quantitative estimate of drug-likeness (QED) is 0.372. The van der Waals surface area contributed by atoms with Gasteiger partial charge in [-0.05, 0) is 18.6 Å². The third kappa shape index (κ3) is 9.47. The average molecular weight is 377 g/mol. The summed E-state index contributed by atoms with van der Waals surface area (Å²) in [6.07, 6.45) is -4.38. The van der Waals surface area contributed by atoms with Gasteiger partial charge in [-0.1, -0.05) is 12.1 Å². The van der Waals surface area contributed by atoms with Crippen molar-refractivity contribution < 1.29 is 27.4 Å². The minimum absolute atomic E-state index is 0.202. The molecule has 0 amide bonds. The zero-order valence-electron chi connectivity index (χ0n) is 15.3. The highest BCUT2D eigenvalue weighted by Crippen LogP contribution is 2.23. The molecule has 2 N–H and O–H groups in total. The zero-order valence-corrected chi connectivity index (χ0v) is 15.3. The van der Waals surface area contributed by atoms with Gasteiger partial charge in [0.2, 0.25) is 0 Å². The first kappa shape index (κ1) is 22.0. The Bertz CT molecular complexity index is 566. The van der Waals surface area contributed by atoms with Crippen molar-refractivity contribution in [3.05, 3.63) is 29.3 Å². The van der Waals surface area contributed by atoms with Crippen LogP contribution in [0, 0.1) is 6.92 Å². The lowest BCUT2D eigenvalue weighted by Gasteiger charge is -2.16. The number of aliphatic imine (C=N–C) groups is 1. The molecule has 6 nitrogen and oxygen atoms in total. The fourth-order valence-corrected chi connectivity index (χ4v) is 1.99. The summed E-state index contributed by atoms with van der Waals surface area (Å²) in [6.45, 7) is 2.80. The molecule has 148 valence electrons. The van der Waals surface area contributed by atoms with Crippen LogP contribution >= 0.6 is 0 Å². The molecule has 0 heterocycles. The molecule has 0 atom stereocenters. The van der Waals surface area contributed by atoms with Crippen LogP contribution < -0.4 is 15.4 Å². The number of ether oxygens (including phenoxy) is 3. The third-order valence-corrected chi connectivity index (χ3v) is 3.25. The molecule has 1 aromatic rings. The van der Waals surface area contributed by atoms with Crippen molar-refractivity contribution in [2.75, 3.05) is 47.1 Å². The van der Waals surface area contributed by atoms with Crippen LogP contribution in [-0.2, 0) is 16.0 Å². The first-order valence-electron chi connectivity index (χ1n) is 8.16. The summed E-state index contributed by atoms with van der Waals surface area (Å²) in [7, 11) is 3.21. The van der Waals surface area contributed by atoms with Gasteiger partial charge in [0.15, 0.2) is 12.6 Å². The highest BCUT2D eigenvalue weighted by atomic mass is 19.4. The van der Waals surface area contributed by atoms with Crippen LogP contribution in [0.2, 0.25) is 0 Å². The van der Waals surface area contributed by atoms with Crippen LogP contribution in [-0.4, -0.2) is 59.3 Å². The molecular formula is C17H26F3N3O3. The van der Waals surface area contributed by atoms with Crippen molar-refractivity contribution in [2.24, 2.45) is 4.99 Å². The molecule has 26 heavy (non-hydrogen) atoms. The van der Waals surface area contributed by atoms with E-state index in [0.29, 0.717) is 37.9 Å². The zero-order chi connectivity index (χ0) is 19.4. The second-order valence-electron chi connectivity index (χ2n) is 5.47. The van der Waals surface area contributed by atoms with E-state index >= 15 is 0 Å². The number of benzene rings is 1. The predicted molar refractivity (Wildman–Crippen MR) is 93.6 cm³/mol. The summed E-state index contributed by atoms with van der Waals surface area (Å²) in [5.74, 6) is 0.718. The molecule has 0 saturated carbocycles. The molecule has 0 fully saturated rings. The third-order valence-electron chi connectivity index (χ3n) is 3.25. The van der Waals surface area contributed by atoms with E-state index in [4.69, 9.17) is 14.2 Å². The van der Waals surface area contributed by atoms with E-state index in [1.54, 1.807) is 33.2 Å². The van der Waals surface area contributed by atoms with Gasteiger partial charge in [0.05, 0.1) is 19.8 Å². The Kier molecular flexibility index (Phi) is 9.82. The minimum atomic E-state index is -4.38. The summed E-state index contributed by atoms with van der Waals surface area (Å²) >= 11 is 0. The number of aryl methyl sites for hydroxylation is 1. The standard InChI is InChI=1S/C17H26F3N3O3/c1-13-4-5-14(15(10-13)26-12-17(18,19)20)11-23-16(21-2)22-6-7-25-9-8-24-3/h4-5,10H,6-9,11-12H2,1-3H3,(H2,21,22,23).